The molecule has 0 aliphatic rings. The van der Waals surface area contributed by atoms with Crippen molar-refractivity contribution >= 4 is 15.7 Å². The molecule has 0 spiro atoms. The van der Waals surface area contributed by atoms with Gasteiger partial charge in [-0.1, -0.05) is 20.8 Å². The monoisotopic (exact) mass is 299 g/mol. The van der Waals surface area contributed by atoms with Crippen LogP contribution in [0.3, 0.4) is 0 Å². The Bertz CT molecular complexity index is 482. The number of hydrogen-bond acceptors (Lipinski definition) is 4. The molecule has 0 aromatic heterocycles. The quantitative estimate of drug-likeness (QED) is 0.729. The van der Waals surface area contributed by atoms with Gasteiger partial charge in [-0.25, -0.2) is 13.1 Å². The van der Waals surface area contributed by atoms with Gasteiger partial charge in [-0.15, -0.1) is 0 Å². The zero-order valence-electron chi connectivity index (χ0n) is 12.5. The van der Waals surface area contributed by atoms with E-state index in [0.717, 1.165) is 31.9 Å². The lowest BCUT2D eigenvalue weighted by Crippen LogP contribution is -2.28. The first-order valence-corrected chi connectivity index (χ1v) is 8.57. The van der Waals surface area contributed by atoms with Crippen LogP contribution in [-0.2, 0) is 10.0 Å². The number of anilines is 1. The smallest absolute Gasteiger partial charge is 0.240 e. The Kier molecular flexibility index (Phi) is 6.98. The van der Waals surface area contributed by atoms with Crippen molar-refractivity contribution in [1.29, 1.82) is 0 Å². The van der Waals surface area contributed by atoms with E-state index in [9.17, 15) is 8.42 Å². The predicted molar refractivity (Wildman–Crippen MR) is 83.6 cm³/mol. The summed E-state index contributed by atoms with van der Waals surface area (Å²) < 4.78 is 26.0. The van der Waals surface area contributed by atoms with Crippen molar-refractivity contribution in [3.05, 3.63) is 24.3 Å². The highest BCUT2D eigenvalue weighted by Crippen LogP contribution is 2.13. The van der Waals surface area contributed by atoms with E-state index >= 15 is 0 Å². The van der Waals surface area contributed by atoms with Crippen molar-refractivity contribution in [3.63, 3.8) is 0 Å². The summed E-state index contributed by atoms with van der Waals surface area (Å²) in [5.41, 5.74) is 0.938. The summed E-state index contributed by atoms with van der Waals surface area (Å²) in [6.45, 7) is 10.3. The normalized spacial score (nSPS) is 11.8. The van der Waals surface area contributed by atoms with Crippen LogP contribution in [0, 0.1) is 0 Å². The molecule has 0 atom stereocenters. The first kappa shape index (κ1) is 16.9. The van der Waals surface area contributed by atoms with Crippen LogP contribution in [0.25, 0.3) is 0 Å². The van der Waals surface area contributed by atoms with Crippen LogP contribution in [-0.4, -0.2) is 46.0 Å². The van der Waals surface area contributed by atoms with Crippen LogP contribution in [0.1, 0.15) is 20.8 Å². The predicted octanol–water partition coefficient (Wildman–Crippen LogP) is 1.74. The number of nitrogens with one attached hydrogen (secondary N) is 2. The number of likely N-dealkylation sites (N-methyl/N-ethyl adjacent to an activating group) is 1. The molecule has 1 aromatic carbocycles. The van der Waals surface area contributed by atoms with Crippen LogP contribution in [0.15, 0.2) is 29.2 Å². The molecule has 2 N–H and O–H groups in total. The van der Waals surface area contributed by atoms with Crippen molar-refractivity contribution in [2.24, 2.45) is 0 Å². The third-order valence-electron chi connectivity index (χ3n) is 3.15. The Balaban J connectivity index is 2.55. The van der Waals surface area contributed by atoms with Gasteiger partial charge in [0.2, 0.25) is 10.0 Å². The molecule has 0 saturated carbocycles. The fourth-order valence-electron chi connectivity index (χ4n) is 1.92. The highest BCUT2D eigenvalue weighted by molar-refractivity contribution is 7.89. The molecular formula is C14H25N3O2S. The fraction of sp³-hybridized carbons (Fsp3) is 0.571. The minimum Gasteiger partial charge on any atom is -0.384 e. The molecule has 0 aliphatic heterocycles. The SMILES string of the molecule is CCNS(=O)(=O)c1ccc(NCCN(CC)CC)cc1. The summed E-state index contributed by atoms with van der Waals surface area (Å²) in [6, 6.07) is 6.84. The molecule has 6 heteroatoms. The molecule has 0 radical (unpaired) electrons. The van der Waals surface area contributed by atoms with Crippen molar-refractivity contribution < 1.29 is 8.42 Å². The van der Waals surface area contributed by atoms with Gasteiger partial charge in [0.05, 0.1) is 4.90 Å². The zero-order valence-corrected chi connectivity index (χ0v) is 13.3. The molecule has 114 valence electrons. The number of hydrogen-bond donors (Lipinski definition) is 2. The second kappa shape index (κ2) is 8.24. The summed E-state index contributed by atoms with van der Waals surface area (Å²) in [5, 5.41) is 3.30. The summed E-state index contributed by atoms with van der Waals surface area (Å²) in [5.74, 6) is 0. The standard InChI is InChI=1S/C14H25N3O2S/c1-4-16-20(18,19)14-9-7-13(8-10-14)15-11-12-17(5-2)6-3/h7-10,15-16H,4-6,11-12H2,1-3H3. The Morgan fingerprint density at radius 1 is 1.05 bits per heavy atom. The molecule has 0 amide bonds. The minimum atomic E-state index is -3.35. The average Bonchev–Trinajstić information content (AvgIpc) is 2.44. The van der Waals surface area contributed by atoms with E-state index in [1.165, 1.54) is 0 Å². The van der Waals surface area contributed by atoms with Crippen molar-refractivity contribution in [2.45, 2.75) is 25.7 Å². The summed E-state index contributed by atoms with van der Waals surface area (Å²) in [4.78, 5) is 2.63. The van der Waals surface area contributed by atoms with E-state index in [1.807, 2.05) is 0 Å². The first-order chi connectivity index (χ1) is 9.53. The average molecular weight is 299 g/mol. The third kappa shape index (κ3) is 5.11. The van der Waals surface area contributed by atoms with E-state index < -0.39 is 10.0 Å². The molecule has 20 heavy (non-hydrogen) atoms. The van der Waals surface area contributed by atoms with Gasteiger partial charge in [-0.3, -0.25) is 0 Å². The Hall–Kier alpha value is -1.11. The molecule has 0 unspecified atom stereocenters. The van der Waals surface area contributed by atoms with Crippen LogP contribution < -0.4 is 10.0 Å². The van der Waals surface area contributed by atoms with Crippen molar-refractivity contribution in [3.8, 4) is 0 Å². The van der Waals surface area contributed by atoms with Gasteiger partial charge in [0.15, 0.2) is 0 Å². The molecule has 0 fully saturated rings. The maximum Gasteiger partial charge on any atom is 0.240 e. The number of rotatable bonds is 9. The summed E-state index contributed by atoms with van der Waals surface area (Å²) >= 11 is 0. The van der Waals surface area contributed by atoms with Gasteiger partial charge in [-0.2, -0.15) is 0 Å². The number of benzene rings is 1. The summed E-state index contributed by atoms with van der Waals surface area (Å²) in [7, 11) is -3.35. The van der Waals surface area contributed by atoms with Crippen LogP contribution >= 0.6 is 0 Å². The largest absolute Gasteiger partial charge is 0.384 e. The van der Waals surface area contributed by atoms with Gasteiger partial charge in [0, 0.05) is 25.3 Å². The minimum absolute atomic E-state index is 0.300. The van der Waals surface area contributed by atoms with Gasteiger partial charge in [0.1, 0.15) is 0 Å². The zero-order chi connectivity index (χ0) is 15.0. The molecular weight excluding hydrogens is 274 g/mol. The van der Waals surface area contributed by atoms with Crippen molar-refractivity contribution in [2.75, 3.05) is 38.0 Å². The summed E-state index contributed by atoms with van der Waals surface area (Å²) in [6.07, 6.45) is 0. The second-order valence-electron chi connectivity index (χ2n) is 4.48. The second-order valence-corrected chi connectivity index (χ2v) is 6.25. The topological polar surface area (TPSA) is 61.4 Å². The fourth-order valence-corrected chi connectivity index (χ4v) is 2.96. The van der Waals surface area contributed by atoms with Gasteiger partial charge in [0.25, 0.3) is 0 Å². The Labute approximate surface area is 122 Å². The van der Waals surface area contributed by atoms with E-state index in [0.29, 0.717) is 11.4 Å². The van der Waals surface area contributed by atoms with E-state index in [4.69, 9.17) is 0 Å². The number of nitrogens with zero attached hydrogens (tertiary/aromatic N) is 1. The lowest BCUT2D eigenvalue weighted by molar-refractivity contribution is 0.316. The number of sulfonamides is 1. The molecule has 1 aromatic rings. The molecule has 0 heterocycles. The van der Waals surface area contributed by atoms with Gasteiger partial charge >= 0.3 is 0 Å². The lowest BCUT2D eigenvalue weighted by atomic mass is 10.3. The molecule has 0 aliphatic carbocycles. The molecule has 5 nitrogen and oxygen atoms in total. The molecule has 0 bridgehead atoms. The van der Waals surface area contributed by atoms with Crippen LogP contribution in [0.2, 0.25) is 0 Å². The maximum atomic E-state index is 11.8. The highest BCUT2D eigenvalue weighted by Gasteiger charge is 2.11. The Morgan fingerprint density at radius 3 is 2.15 bits per heavy atom. The van der Waals surface area contributed by atoms with Crippen molar-refractivity contribution in [1.82, 2.24) is 9.62 Å². The van der Waals surface area contributed by atoms with E-state index in [-0.39, 0.29) is 0 Å². The third-order valence-corrected chi connectivity index (χ3v) is 4.71. The first-order valence-electron chi connectivity index (χ1n) is 7.09. The maximum absolute atomic E-state index is 11.8. The van der Waals surface area contributed by atoms with E-state index in [1.54, 1.807) is 31.2 Å². The van der Waals surface area contributed by atoms with Crippen LogP contribution in [0.4, 0.5) is 5.69 Å². The van der Waals surface area contributed by atoms with Gasteiger partial charge < -0.3 is 10.2 Å². The molecule has 0 saturated heterocycles. The lowest BCUT2D eigenvalue weighted by Gasteiger charge is -2.18. The Morgan fingerprint density at radius 2 is 1.65 bits per heavy atom. The highest BCUT2D eigenvalue weighted by atomic mass is 32.2. The van der Waals surface area contributed by atoms with E-state index in [2.05, 4.69) is 28.8 Å². The van der Waals surface area contributed by atoms with Gasteiger partial charge in [-0.05, 0) is 37.4 Å². The molecule has 1 rings (SSSR count). The van der Waals surface area contributed by atoms with Crippen LogP contribution in [0.5, 0.6) is 0 Å².